The number of nitrogens with zero attached hydrogens (tertiary/aromatic N) is 2. The SMILES string of the molecule is CCOC(=O)c1cncnc1NOCc1ccccc1. The first kappa shape index (κ1) is 14.0. The number of aromatic nitrogens is 2. The number of nitrogens with one attached hydrogen (secondary N) is 1. The number of esters is 1. The van der Waals surface area contributed by atoms with Crippen LogP contribution in [0.4, 0.5) is 5.82 Å². The molecular formula is C14H15N3O3. The van der Waals surface area contributed by atoms with Crippen molar-refractivity contribution in [1.82, 2.24) is 9.97 Å². The summed E-state index contributed by atoms with van der Waals surface area (Å²) in [7, 11) is 0. The predicted molar refractivity (Wildman–Crippen MR) is 72.8 cm³/mol. The fraction of sp³-hybridized carbons (Fsp3) is 0.214. The highest BCUT2D eigenvalue weighted by molar-refractivity contribution is 5.93. The third-order valence-corrected chi connectivity index (χ3v) is 2.46. The van der Waals surface area contributed by atoms with Crippen LogP contribution >= 0.6 is 0 Å². The highest BCUT2D eigenvalue weighted by atomic mass is 16.6. The molecule has 0 bridgehead atoms. The van der Waals surface area contributed by atoms with Gasteiger partial charge in [-0.2, -0.15) is 0 Å². The van der Waals surface area contributed by atoms with Crippen molar-refractivity contribution in [3.63, 3.8) is 0 Å². The lowest BCUT2D eigenvalue weighted by molar-refractivity contribution is 0.0524. The summed E-state index contributed by atoms with van der Waals surface area (Å²) in [5, 5.41) is 0. The van der Waals surface area contributed by atoms with E-state index in [9.17, 15) is 4.79 Å². The molecule has 0 aliphatic rings. The van der Waals surface area contributed by atoms with Gasteiger partial charge in [-0.15, -0.1) is 0 Å². The Kier molecular flexibility index (Phi) is 5.02. The third kappa shape index (κ3) is 3.76. The van der Waals surface area contributed by atoms with Gasteiger partial charge in [0.15, 0.2) is 5.82 Å². The van der Waals surface area contributed by atoms with Crippen LogP contribution in [0, 0.1) is 0 Å². The zero-order valence-electron chi connectivity index (χ0n) is 11.1. The molecule has 1 aromatic heterocycles. The standard InChI is InChI=1S/C14H15N3O3/c1-2-19-14(18)12-8-15-10-16-13(12)17-20-9-11-6-4-3-5-7-11/h3-8,10H,2,9H2,1H3,(H,15,16,17). The van der Waals surface area contributed by atoms with E-state index in [1.54, 1.807) is 6.92 Å². The first-order chi connectivity index (χ1) is 9.81. The molecule has 0 aliphatic carbocycles. The molecule has 1 heterocycles. The van der Waals surface area contributed by atoms with E-state index in [-0.39, 0.29) is 18.0 Å². The van der Waals surface area contributed by atoms with Gasteiger partial charge in [0.05, 0.1) is 13.2 Å². The van der Waals surface area contributed by atoms with Gasteiger partial charge in [0, 0.05) is 6.20 Å². The van der Waals surface area contributed by atoms with Gasteiger partial charge in [0.2, 0.25) is 0 Å². The van der Waals surface area contributed by atoms with Gasteiger partial charge in [-0.3, -0.25) is 4.84 Å². The Bertz CT molecular complexity index is 561. The summed E-state index contributed by atoms with van der Waals surface area (Å²) in [4.78, 5) is 24.8. The summed E-state index contributed by atoms with van der Waals surface area (Å²) >= 11 is 0. The number of carbonyl (C=O) groups excluding carboxylic acids is 1. The molecule has 0 aliphatic heterocycles. The average Bonchev–Trinajstić information content (AvgIpc) is 2.49. The Morgan fingerprint density at radius 3 is 2.85 bits per heavy atom. The van der Waals surface area contributed by atoms with Gasteiger partial charge in [0.1, 0.15) is 11.9 Å². The fourth-order valence-electron chi connectivity index (χ4n) is 1.53. The van der Waals surface area contributed by atoms with Crippen LogP contribution in [-0.4, -0.2) is 22.5 Å². The van der Waals surface area contributed by atoms with Crippen molar-refractivity contribution < 1.29 is 14.4 Å². The molecule has 1 aromatic carbocycles. The van der Waals surface area contributed by atoms with E-state index in [1.807, 2.05) is 30.3 Å². The molecular weight excluding hydrogens is 258 g/mol. The van der Waals surface area contributed by atoms with Crippen molar-refractivity contribution in [2.75, 3.05) is 12.1 Å². The van der Waals surface area contributed by atoms with E-state index < -0.39 is 5.97 Å². The first-order valence-electron chi connectivity index (χ1n) is 6.20. The predicted octanol–water partition coefficient (Wildman–Crippen LogP) is 2.20. The van der Waals surface area contributed by atoms with Gasteiger partial charge in [0.25, 0.3) is 0 Å². The number of carbonyl (C=O) groups is 1. The number of anilines is 1. The molecule has 0 atom stereocenters. The maximum absolute atomic E-state index is 11.7. The van der Waals surface area contributed by atoms with Crippen molar-refractivity contribution in [2.24, 2.45) is 0 Å². The van der Waals surface area contributed by atoms with Gasteiger partial charge >= 0.3 is 5.97 Å². The summed E-state index contributed by atoms with van der Waals surface area (Å²) in [6, 6.07) is 9.66. The maximum atomic E-state index is 11.7. The fourth-order valence-corrected chi connectivity index (χ4v) is 1.53. The van der Waals surface area contributed by atoms with Crippen molar-refractivity contribution in [3.8, 4) is 0 Å². The molecule has 0 unspecified atom stereocenters. The Morgan fingerprint density at radius 2 is 2.10 bits per heavy atom. The lowest BCUT2D eigenvalue weighted by Crippen LogP contribution is -2.12. The van der Waals surface area contributed by atoms with Crippen LogP contribution in [-0.2, 0) is 16.2 Å². The lowest BCUT2D eigenvalue weighted by Gasteiger charge is -2.09. The van der Waals surface area contributed by atoms with E-state index in [2.05, 4.69) is 15.4 Å². The van der Waals surface area contributed by atoms with Gasteiger partial charge in [-0.1, -0.05) is 30.3 Å². The highest BCUT2D eigenvalue weighted by Gasteiger charge is 2.13. The van der Waals surface area contributed by atoms with E-state index >= 15 is 0 Å². The smallest absolute Gasteiger partial charge is 0.343 e. The van der Waals surface area contributed by atoms with Crippen LogP contribution in [0.3, 0.4) is 0 Å². The third-order valence-electron chi connectivity index (χ3n) is 2.46. The van der Waals surface area contributed by atoms with Crippen molar-refractivity contribution in [1.29, 1.82) is 0 Å². The largest absolute Gasteiger partial charge is 0.462 e. The van der Waals surface area contributed by atoms with Crippen LogP contribution in [0.5, 0.6) is 0 Å². The van der Waals surface area contributed by atoms with E-state index in [1.165, 1.54) is 12.5 Å². The molecule has 104 valence electrons. The summed E-state index contributed by atoms with van der Waals surface area (Å²) in [5.74, 6) is -0.201. The second kappa shape index (κ2) is 7.20. The molecule has 0 radical (unpaired) electrons. The number of ether oxygens (including phenoxy) is 1. The van der Waals surface area contributed by atoms with Crippen molar-refractivity contribution in [3.05, 3.63) is 54.0 Å². The Hall–Kier alpha value is -2.47. The molecule has 0 saturated heterocycles. The minimum Gasteiger partial charge on any atom is -0.462 e. The Balaban J connectivity index is 1.97. The zero-order valence-corrected chi connectivity index (χ0v) is 11.1. The molecule has 0 amide bonds. The maximum Gasteiger partial charge on any atom is 0.343 e. The summed E-state index contributed by atoms with van der Waals surface area (Å²) in [6.45, 7) is 2.38. The van der Waals surface area contributed by atoms with Crippen LogP contribution in [0.15, 0.2) is 42.9 Å². The average molecular weight is 273 g/mol. The minimum absolute atomic E-state index is 0.238. The molecule has 2 rings (SSSR count). The van der Waals surface area contributed by atoms with Crippen LogP contribution in [0.1, 0.15) is 22.8 Å². The molecule has 6 heteroatoms. The van der Waals surface area contributed by atoms with E-state index in [0.717, 1.165) is 5.56 Å². The van der Waals surface area contributed by atoms with Crippen LogP contribution in [0.2, 0.25) is 0 Å². The van der Waals surface area contributed by atoms with Gasteiger partial charge in [-0.05, 0) is 12.5 Å². The zero-order chi connectivity index (χ0) is 14.2. The monoisotopic (exact) mass is 273 g/mol. The summed E-state index contributed by atoms with van der Waals surface area (Å²) < 4.78 is 4.92. The molecule has 0 saturated carbocycles. The number of hydrogen-bond donors (Lipinski definition) is 1. The van der Waals surface area contributed by atoms with E-state index in [4.69, 9.17) is 9.57 Å². The second-order valence-electron chi connectivity index (χ2n) is 3.88. The second-order valence-corrected chi connectivity index (χ2v) is 3.88. The number of hydrogen-bond acceptors (Lipinski definition) is 6. The Labute approximate surface area is 116 Å². The molecule has 0 spiro atoms. The normalized spacial score (nSPS) is 10.1. The van der Waals surface area contributed by atoms with Gasteiger partial charge in [-0.25, -0.2) is 20.2 Å². The molecule has 20 heavy (non-hydrogen) atoms. The molecule has 2 aromatic rings. The van der Waals surface area contributed by atoms with Crippen molar-refractivity contribution >= 4 is 11.8 Å². The molecule has 0 fully saturated rings. The van der Waals surface area contributed by atoms with Crippen molar-refractivity contribution in [2.45, 2.75) is 13.5 Å². The number of benzene rings is 1. The first-order valence-corrected chi connectivity index (χ1v) is 6.20. The summed E-state index contributed by atoms with van der Waals surface area (Å²) in [6.07, 6.45) is 2.72. The minimum atomic E-state index is -0.487. The van der Waals surface area contributed by atoms with Crippen LogP contribution < -0.4 is 5.48 Å². The summed E-state index contributed by atoms with van der Waals surface area (Å²) in [5.41, 5.74) is 3.89. The van der Waals surface area contributed by atoms with Crippen LogP contribution in [0.25, 0.3) is 0 Å². The highest BCUT2D eigenvalue weighted by Crippen LogP contribution is 2.12. The van der Waals surface area contributed by atoms with Gasteiger partial charge < -0.3 is 4.74 Å². The topological polar surface area (TPSA) is 73.3 Å². The van der Waals surface area contributed by atoms with E-state index in [0.29, 0.717) is 6.61 Å². The number of rotatable bonds is 6. The lowest BCUT2D eigenvalue weighted by atomic mass is 10.2. The quantitative estimate of drug-likeness (QED) is 0.642. The Morgan fingerprint density at radius 1 is 1.30 bits per heavy atom. The molecule has 1 N–H and O–H groups in total. The molecule has 6 nitrogen and oxygen atoms in total.